The van der Waals surface area contributed by atoms with Gasteiger partial charge in [-0.3, -0.25) is 4.79 Å². The number of halogens is 1. The predicted molar refractivity (Wildman–Crippen MR) is 94.7 cm³/mol. The molecular formula is C19H12ClN3O. The number of benzene rings is 3. The van der Waals surface area contributed by atoms with Crippen LogP contribution in [0.3, 0.4) is 0 Å². The third-order valence-electron chi connectivity index (χ3n) is 3.83. The minimum Gasteiger partial charge on any atom is -0.298 e. The highest BCUT2D eigenvalue weighted by Crippen LogP contribution is 2.31. The predicted octanol–water partition coefficient (Wildman–Crippen LogP) is 4.55. The van der Waals surface area contributed by atoms with Gasteiger partial charge in [-0.15, -0.1) is 10.2 Å². The minimum atomic E-state index is 0.571. The van der Waals surface area contributed by atoms with Crippen LogP contribution in [0, 0.1) is 0 Å². The fourth-order valence-electron chi connectivity index (χ4n) is 2.69. The lowest BCUT2D eigenvalue weighted by atomic mass is 9.99. The van der Waals surface area contributed by atoms with Crippen molar-refractivity contribution >= 4 is 28.9 Å². The maximum atomic E-state index is 11.4. The van der Waals surface area contributed by atoms with E-state index in [1.807, 2.05) is 48.5 Å². The lowest BCUT2D eigenvalue weighted by Crippen LogP contribution is -1.97. The summed E-state index contributed by atoms with van der Waals surface area (Å²) in [6, 6.07) is 20.6. The third kappa shape index (κ3) is 2.47. The third-order valence-corrected chi connectivity index (χ3v) is 4.07. The van der Waals surface area contributed by atoms with Crippen LogP contribution in [-0.2, 0) is 0 Å². The molecule has 4 nitrogen and oxygen atoms in total. The molecule has 4 aromatic rings. The molecule has 0 aliphatic carbocycles. The van der Waals surface area contributed by atoms with Gasteiger partial charge in [0.1, 0.15) is 11.0 Å². The molecule has 0 aliphatic rings. The average Bonchev–Trinajstić information content (AvgIpc) is 3.06. The van der Waals surface area contributed by atoms with Gasteiger partial charge in [0, 0.05) is 16.1 Å². The monoisotopic (exact) mass is 333 g/mol. The van der Waals surface area contributed by atoms with Crippen molar-refractivity contribution in [2.24, 2.45) is 0 Å². The summed E-state index contributed by atoms with van der Waals surface area (Å²) in [5, 5.41) is 9.71. The van der Waals surface area contributed by atoms with Crippen LogP contribution in [0.5, 0.6) is 0 Å². The van der Waals surface area contributed by atoms with Gasteiger partial charge < -0.3 is 0 Å². The van der Waals surface area contributed by atoms with Crippen LogP contribution in [0.4, 0.5) is 0 Å². The van der Waals surface area contributed by atoms with Crippen molar-refractivity contribution in [1.82, 2.24) is 15.0 Å². The van der Waals surface area contributed by atoms with E-state index in [4.69, 9.17) is 11.6 Å². The topological polar surface area (TPSA) is 47.8 Å². The minimum absolute atomic E-state index is 0.571. The smallest absolute Gasteiger partial charge is 0.150 e. The molecule has 0 radical (unpaired) electrons. The highest BCUT2D eigenvalue weighted by atomic mass is 35.5. The zero-order valence-electron chi connectivity index (χ0n) is 12.6. The van der Waals surface area contributed by atoms with E-state index in [0.717, 1.165) is 34.1 Å². The molecule has 0 spiro atoms. The summed E-state index contributed by atoms with van der Waals surface area (Å²) in [6.07, 6.45) is 0.826. The first-order chi connectivity index (χ1) is 11.8. The van der Waals surface area contributed by atoms with Gasteiger partial charge in [0.2, 0.25) is 0 Å². The first-order valence-electron chi connectivity index (χ1n) is 7.43. The molecule has 5 heteroatoms. The van der Waals surface area contributed by atoms with Crippen LogP contribution in [-0.4, -0.2) is 21.3 Å². The van der Waals surface area contributed by atoms with Crippen molar-refractivity contribution in [2.75, 3.05) is 0 Å². The number of aldehydes is 1. The highest BCUT2D eigenvalue weighted by molar-refractivity contribution is 6.31. The Bertz CT molecular complexity index is 1040. The standard InChI is InChI=1S/C19H12ClN3O/c20-14-10-9-13(12-24)17(11-14)16-7-4-8-18-19(16)22-23(21-18)15-5-2-1-3-6-15/h1-12H. The average molecular weight is 334 g/mol. The summed E-state index contributed by atoms with van der Waals surface area (Å²) in [5.41, 5.74) is 4.52. The number of nitrogens with zero attached hydrogens (tertiary/aromatic N) is 3. The van der Waals surface area contributed by atoms with E-state index >= 15 is 0 Å². The number of hydrogen-bond acceptors (Lipinski definition) is 3. The molecule has 0 bridgehead atoms. The van der Waals surface area contributed by atoms with E-state index < -0.39 is 0 Å². The van der Waals surface area contributed by atoms with E-state index in [1.54, 1.807) is 23.0 Å². The van der Waals surface area contributed by atoms with Crippen LogP contribution in [0.1, 0.15) is 10.4 Å². The molecule has 3 aromatic carbocycles. The van der Waals surface area contributed by atoms with E-state index in [2.05, 4.69) is 10.2 Å². The molecule has 1 aromatic heterocycles. The van der Waals surface area contributed by atoms with Crippen LogP contribution < -0.4 is 0 Å². The number of carbonyl (C=O) groups excluding carboxylic acids is 1. The van der Waals surface area contributed by atoms with Crippen molar-refractivity contribution in [3.05, 3.63) is 77.3 Å². The number of para-hydroxylation sites is 1. The number of aromatic nitrogens is 3. The second-order valence-electron chi connectivity index (χ2n) is 5.35. The van der Waals surface area contributed by atoms with Gasteiger partial charge in [0.25, 0.3) is 0 Å². The molecule has 0 saturated carbocycles. The maximum Gasteiger partial charge on any atom is 0.150 e. The molecule has 0 N–H and O–H groups in total. The molecule has 0 fully saturated rings. The molecule has 0 saturated heterocycles. The summed E-state index contributed by atoms with van der Waals surface area (Å²) in [4.78, 5) is 13.0. The Kier molecular flexibility index (Phi) is 3.59. The van der Waals surface area contributed by atoms with E-state index in [9.17, 15) is 4.79 Å². The van der Waals surface area contributed by atoms with Gasteiger partial charge in [-0.2, -0.15) is 4.80 Å². The van der Waals surface area contributed by atoms with Gasteiger partial charge in [-0.05, 0) is 42.0 Å². The Morgan fingerprint density at radius 2 is 1.71 bits per heavy atom. The van der Waals surface area contributed by atoms with Crippen LogP contribution in [0.25, 0.3) is 27.8 Å². The largest absolute Gasteiger partial charge is 0.298 e. The Morgan fingerprint density at radius 1 is 0.875 bits per heavy atom. The number of carbonyl (C=O) groups is 1. The molecule has 0 amide bonds. The zero-order valence-corrected chi connectivity index (χ0v) is 13.3. The summed E-state index contributed by atoms with van der Waals surface area (Å²) in [6.45, 7) is 0. The van der Waals surface area contributed by atoms with E-state index in [-0.39, 0.29) is 0 Å². The molecule has 0 aliphatic heterocycles. The molecule has 116 valence electrons. The van der Waals surface area contributed by atoms with Crippen molar-refractivity contribution in [1.29, 1.82) is 0 Å². The van der Waals surface area contributed by atoms with Gasteiger partial charge in [0.15, 0.2) is 6.29 Å². The lowest BCUT2D eigenvalue weighted by molar-refractivity contribution is 0.112. The fourth-order valence-corrected chi connectivity index (χ4v) is 2.87. The SMILES string of the molecule is O=Cc1ccc(Cl)cc1-c1cccc2nn(-c3ccccc3)nc12. The second kappa shape index (κ2) is 5.91. The first kappa shape index (κ1) is 14.6. The Morgan fingerprint density at radius 3 is 2.50 bits per heavy atom. The molecule has 4 rings (SSSR count). The van der Waals surface area contributed by atoms with Crippen molar-refractivity contribution in [3.8, 4) is 16.8 Å². The van der Waals surface area contributed by atoms with Crippen LogP contribution >= 0.6 is 11.6 Å². The van der Waals surface area contributed by atoms with Gasteiger partial charge in [-0.1, -0.05) is 41.9 Å². The maximum absolute atomic E-state index is 11.4. The summed E-state index contributed by atoms with van der Waals surface area (Å²) >= 11 is 6.12. The van der Waals surface area contributed by atoms with E-state index in [1.165, 1.54) is 0 Å². The first-order valence-corrected chi connectivity index (χ1v) is 7.80. The Hall–Kier alpha value is -2.98. The fraction of sp³-hybridized carbons (Fsp3) is 0. The summed E-state index contributed by atoms with van der Waals surface area (Å²) in [7, 11) is 0. The molecule has 0 unspecified atom stereocenters. The van der Waals surface area contributed by atoms with Crippen LogP contribution in [0.15, 0.2) is 66.7 Å². The number of rotatable bonds is 3. The normalized spacial score (nSPS) is 10.9. The summed E-state index contributed by atoms with van der Waals surface area (Å²) in [5.74, 6) is 0. The zero-order chi connectivity index (χ0) is 16.5. The van der Waals surface area contributed by atoms with Crippen LogP contribution in [0.2, 0.25) is 5.02 Å². The van der Waals surface area contributed by atoms with Gasteiger partial charge in [-0.25, -0.2) is 0 Å². The molecule has 0 atom stereocenters. The second-order valence-corrected chi connectivity index (χ2v) is 5.78. The summed E-state index contributed by atoms with van der Waals surface area (Å²) < 4.78 is 0. The van der Waals surface area contributed by atoms with Gasteiger partial charge >= 0.3 is 0 Å². The molecule has 24 heavy (non-hydrogen) atoms. The molecule has 1 heterocycles. The lowest BCUT2D eigenvalue weighted by Gasteiger charge is -2.06. The Labute approximate surface area is 143 Å². The van der Waals surface area contributed by atoms with Crippen molar-refractivity contribution in [3.63, 3.8) is 0 Å². The number of hydrogen-bond donors (Lipinski definition) is 0. The van der Waals surface area contributed by atoms with E-state index in [0.29, 0.717) is 10.6 Å². The Balaban J connectivity index is 1.96. The van der Waals surface area contributed by atoms with Gasteiger partial charge in [0.05, 0.1) is 5.69 Å². The van der Waals surface area contributed by atoms with Crippen molar-refractivity contribution in [2.45, 2.75) is 0 Å². The highest BCUT2D eigenvalue weighted by Gasteiger charge is 2.13. The van der Waals surface area contributed by atoms with Crippen molar-refractivity contribution < 1.29 is 4.79 Å². The molecular weight excluding hydrogens is 322 g/mol. The number of fused-ring (bicyclic) bond motifs is 1. The quantitative estimate of drug-likeness (QED) is 0.517.